The highest BCUT2D eigenvalue weighted by atomic mass is 16.5. The minimum absolute atomic E-state index is 0.00475. The van der Waals surface area contributed by atoms with Gasteiger partial charge in [0.25, 0.3) is 11.7 Å². The average Bonchev–Trinajstić information content (AvgIpc) is 3.50. The number of ketones is 1. The van der Waals surface area contributed by atoms with E-state index in [0.717, 1.165) is 16.3 Å². The van der Waals surface area contributed by atoms with Crippen LogP contribution in [0.5, 0.6) is 11.5 Å². The van der Waals surface area contributed by atoms with Gasteiger partial charge in [-0.15, -0.1) is 0 Å². The topological polar surface area (TPSA) is 89.2 Å². The molecule has 4 aromatic rings. The quantitative estimate of drug-likeness (QED) is 0.241. The van der Waals surface area contributed by atoms with Gasteiger partial charge in [0.05, 0.1) is 38.6 Å². The summed E-state index contributed by atoms with van der Waals surface area (Å²) >= 11 is 0. The minimum Gasteiger partial charge on any atom is -0.507 e. The average molecular weight is 469 g/mol. The van der Waals surface area contributed by atoms with Crippen LogP contribution in [-0.2, 0) is 16.1 Å². The molecule has 1 N–H and O–H groups in total. The number of benzene rings is 3. The molecule has 1 amide bonds. The first-order valence-corrected chi connectivity index (χ1v) is 11.0. The van der Waals surface area contributed by atoms with Gasteiger partial charge in [0.15, 0.2) is 11.5 Å². The third kappa shape index (κ3) is 3.81. The zero-order valence-corrected chi connectivity index (χ0v) is 19.2. The molecule has 0 saturated carbocycles. The molecule has 1 unspecified atom stereocenters. The van der Waals surface area contributed by atoms with Gasteiger partial charge in [0.2, 0.25) is 0 Å². The number of amides is 1. The molecule has 0 bridgehead atoms. The Morgan fingerprint density at radius 2 is 1.71 bits per heavy atom. The predicted octanol–water partition coefficient (Wildman–Crippen LogP) is 5.07. The minimum atomic E-state index is -0.820. The Morgan fingerprint density at radius 3 is 2.46 bits per heavy atom. The molecule has 176 valence electrons. The number of furan rings is 1. The molecule has 2 heterocycles. The number of ether oxygens (including phenoxy) is 2. The van der Waals surface area contributed by atoms with Gasteiger partial charge in [-0.05, 0) is 46.7 Å². The zero-order chi connectivity index (χ0) is 24.5. The number of hydrogen-bond acceptors (Lipinski definition) is 6. The third-order valence-electron chi connectivity index (χ3n) is 6.22. The fourth-order valence-electron chi connectivity index (χ4n) is 4.56. The zero-order valence-electron chi connectivity index (χ0n) is 19.2. The SMILES string of the molecule is COc1ccc(/C(O)=C2/C(=O)C(=O)N(Cc3ccco3)C2c2cccc3ccccc23)cc1OC. The number of Topliss-reactive ketones (excluding diaryl/α,β-unsaturated/α-hetero) is 1. The number of hydrogen-bond donors (Lipinski definition) is 1. The number of fused-ring (bicyclic) bond motifs is 1. The summed E-state index contributed by atoms with van der Waals surface area (Å²) < 4.78 is 16.1. The Bertz CT molecular complexity index is 1450. The number of likely N-dealkylation sites (tertiary alicyclic amines) is 1. The summed E-state index contributed by atoms with van der Waals surface area (Å²) in [5.41, 5.74) is 1.07. The molecule has 7 heteroatoms. The van der Waals surface area contributed by atoms with Crippen LogP contribution in [-0.4, -0.2) is 35.9 Å². The van der Waals surface area contributed by atoms with Crippen LogP contribution in [0.25, 0.3) is 16.5 Å². The highest BCUT2D eigenvalue weighted by Crippen LogP contribution is 2.43. The van der Waals surface area contributed by atoms with Crippen molar-refractivity contribution in [2.24, 2.45) is 0 Å². The van der Waals surface area contributed by atoms with E-state index in [-0.39, 0.29) is 17.9 Å². The van der Waals surface area contributed by atoms with E-state index in [9.17, 15) is 14.7 Å². The number of carbonyl (C=O) groups is 2. The number of carbonyl (C=O) groups excluding carboxylic acids is 2. The predicted molar refractivity (Wildman–Crippen MR) is 130 cm³/mol. The molecule has 0 spiro atoms. The highest BCUT2D eigenvalue weighted by molar-refractivity contribution is 6.46. The van der Waals surface area contributed by atoms with Crippen LogP contribution in [0.2, 0.25) is 0 Å². The van der Waals surface area contributed by atoms with Crippen LogP contribution < -0.4 is 9.47 Å². The van der Waals surface area contributed by atoms with Crippen LogP contribution in [0.15, 0.2) is 89.0 Å². The Balaban J connectivity index is 1.73. The van der Waals surface area contributed by atoms with Crippen LogP contribution in [0, 0.1) is 0 Å². The van der Waals surface area contributed by atoms with E-state index in [1.54, 1.807) is 30.3 Å². The number of nitrogens with zero attached hydrogens (tertiary/aromatic N) is 1. The van der Waals surface area contributed by atoms with E-state index in [4.69, 9.17) is 13.9 Å². The van der Waals surface area contributed by atoms with Crippen molar-refractivity contribution in [2.45, 2.75) is 12.6 Å². The smallest absolute Gasteiger partial charge is 0.296 e. The van der Waals surface area contributed by atoms with E-state index in [1.807, 2.05) is 42.5 Å². The van der Waals surface area contributed by atoms with Crippen molar-refractivity contribution in [1.82, 2.24) is 4.90 Å². The monoisotopic (exact) mass is 469 g/mol. The van der Waals surface area contributed by atoms with Gasteiger partial charge in [0, 0.05) is 5.56 Å². The van der Waals surface area contributed by atoms with Crippen LogP contribution >= 0.6 is 0 Å². The van der Waals surface area contributed by atoms with Gasteiger partial charge in [-0.25, -0.2) is 0 Å². The maximum atomic E-state index is 13.4. The molecule has 1 aromatic heterocycles. The van der Waals surface area contributed by atoms with Crippen LogP contribution in [0.3, 0.4) is 0 Å². The molecule has 0 radical (unpaired) electrons. The van der Waals surface area contributed by atoms with Crippen molar-refractivity contribution in [1.29, 1.82) is 0 Å². The normalized spacial score (nSPS) is 17.2. The van der Waals surface area contributed by atoms with E-state index < -0.39 is 17.7 Å². The van der Waals surface area contributed by atoms with Gasteiger partial charge in [0.1, 0.15) is 11.5 Å². The summed E-state index contributed by atoms with van der Waals surface area (Å²) in [6, 6.07) is 20.9. The van der Waals surface area contributed by atoms with Crippen LogP contribution in [0.1, 0.15) is 22.9 Å². The fraction of sp³-hybridized carbons (Fsp3) is 0.143. The first-order chi connectivity index (χ1) is 17.0. The van der Waals surface area contributed by atoms with Crippen LogP contribution in [0.4, 0.5) is 0 Å². The lowest BCUT2D eigenvalue weighted by molar-refractivity contribution is -0.140. The molecule has 1 saturated heterocycles. The highest BCUT2D eigenvalue weighted by Gasteiger charge is 2.46. The van der Waals surface area contributed by atoms with Gasteiger partial charge in [-0.3, -0.25) is 9.59 Å². The Labute approximate surface area is 201 Å². The Kier molecular flexibility index (Phi) is 5.74. The molecular formula is C28H23NO6. The van der Waals surface area contributed by atoms with Crippen molar-refractivity contribution in [3.05, 3.63) is 102 Å². The number of rotatable bonds is 6. The molecule has 1 aliphatic heterocycles. The van der Waals surface area contributed by atoms with Gasteiger partial charge >= 0.3 is 0 Å². The molecule has 0 aliphatic carbocycles. The maximum absolute atomic E-state index is 13.4. The largest absolute Gasteiger partial charge is 0.507 e. The first kappa shape index (κ1) is 22.3. The van der Waals surface area contributed by atoms with Gasteiger partial charge in [-0.1, -0.05) is 42.5 Å². The molecule has 7 nitrogen and oxygen atoms in total. The lowest BCUT2D eigenvalue weighted by Gasteiger charge is -2.25. The number of aliphatic hydroxyl groups excluding tert-OH is 1. The molecule has 3 aromatic carbocycles. The second-order valence-electron chi connectivity index (χ2n) is 8.14. The van der Waals surface area contributed by atoms with E-state index >= 15 is 0 Å². The summed E-state index contributed by atoms with van der Waals surface area (Å²) in [7, 11) is 3.00. The summed E-state index contributed by atoms with van der Waals surface area (Å²) in [5.74, 6) is -0.355. The van der Waals surface area contributed by atoms with Crippen molar-refractivity contribution in [3.8, 4) is 11.5 Å². The van der Waals surface area contributed by atoms with E-state index in [2.05, 4.69) is 0 Å². The second-order valence-corrected chi connectivity index (χ2v) is 8.14. The van der Waals surface area contributed by atoms with Gasteiger partial charge in [-0.2, -0.15) is 0 Å². The second kappa shape index (κ2) is 9.02. The maximum Gasteiger partial charge on any atom is 0.296 e. The standard InChI is InChI=1S/C28H23NO6/c1-33-22-13-12-18(15-23(22)34-2)26(30)24-25(21-11-5-8-17-7-3-4-10-20(17)21)29(28(32)27(24)31)16-19-9-6-14-35-19/h3-15,25,30H,16H2,1-2H3/b26-24-. The van der Waals surface area contributed by atoms with Crippen molar-refractivity contribution in [2.75, 3.05) is 14.2 Å². The summed E-state index contributed by atoms with van der Waals surface area (Å²) in [6.07, 6.45) is 1.52. The lowest BCUT2D eigenvalue weighted by atomic mass is 9.91. The first-order valence-electron chi connectivity index (χ1n) is 11.0. The Morgan fingerprint density at radius 1 is 0.943 bits per heavy atom. The molecule has 1 fully saturated rings. The summed E-state index contributed by atoms with van der Waals surface area (Å²) in [5, 5.41) is 13.2. The summed E-state index contributed by atoms with van der Waals surface area (Å²) in [6.45, 7) is 0.0776. The third-order valence-corrected chi connectivity index (χ3v) is 6.22. The van der Waals surface area contributed by atoms with Crippen molar-refractivity contribution in [3.63, 3.8) is 0 Å². The number of methoxy groups -OCH3 is 2. The van der Waals surface area contributed by atoms with Gasteiger partial charge < -0.3 is 23.9 Å². The number of aliphatic hydroxyl groups is 1. The molecule has 1 aliphatic rings. The Hall–Kier alpha value is -4.52. The van der Waals surface area contributed by atoms with E-state index in [0.29, 0.717) is 22.8 Å². The molecule has 35 heavy (non-hydrogen) atoms. The fourth-order valence-corrected chi connectivity index (χ4v) is 4.56. The van der Waals surface area contributed by atoms with Crippen molar-refractivity contribution >= 4 is 28.2 Å². The van der Waals surface area contributed by atoms with E-state index in [1.165, 1.54) is 25.4 Å². The van der Waals surface area contributed by atoms with Crippen molar-refractivity contribution < 1.29 is 28.6 Å². The molecule has 5 rings (SSSR count). The molecular weight excluding hydrogens is 446 g/mol. The molecule has 1 atom stereocenters. The summed E-state index contributed by atoms with van der Waals surface area (Å²) in [4.78, 5) is 28.1. The lowest BCUT2D eigenvalue weighted by Crippen LogP contribution is -2.29.